The van der Waals surface area contributed by atoms with Crippen LogP contribution in [-0.4, -0.2) is 62.7 Å². The summed E-state index contributed by atoms with van der Waals surface area (Å²) in [6.45, 7) is 2.62. The van der Waals surface area contributed by atoms with Gasteiger partial charge in [-0.15, -0.1) is 0 Å². The highest BCUT2D eigenvalue weighted by Crippen LogP contribution is 2.43. The van der Waals surface area contributed by atoms with Gasteiger partial charge in [-0.05, 0) is 64.5 Å². The Morgan fingerprint density at radius 1 is 1.17 bits per heavy atom. The van der Waals surface area contributed by atoms with Gasteiger partial charge in [-0.25, -0.2) is 4.39 Å². The maximum atomic E-state index is 14.5. The summed E-state index contributed by atoms with van der Waals surface area (Å²) < 4.78 is 64.0. The summed E-state index contributed by atoms with van der Waals surface area (Å²) in [5.74, 6) is -3.93. The third-order valence-electron chi connectivity index (χ3n) is 7.99. The van der Waals surface area contributed by atoms with Crippen LogP contribution in [0.5, 0.6) is 0 Å². The monoisotopic (exact) mass is 621 g/mol. The fraction of sp³-hybridized carbons (Fsp3) is 0.556. The van der Waals surface area contributed by atoms with Gasteiger partial charge in [0.05, 0.1) is 57.5 Å². The molecule has 41 heavy (non-hydrogen) atoms. The van der Waals surface area contributed by atoms with Crippen LogP contribution in [0, 0.1) is 11.2 Å². The molecule has 0 unspecified atom stereocenters. The van der Waals surface area contributed by atoms with Crippen LogP contribution in [0.15, 0.2) is 18.3 Å². The second kappa shape index (κ2) is 11.5. The molecule has 1 aliphatic carbocycles. The number of hydrogen-bond donors (Lipinski definition) is 1. The lowest BCUT2D eigenvalue weighted by molar-refractivity contribution is -0.152. The van der Waals surface area contributed by atoms with Crippen molar-refractivity contribution >= 4 is 40.9 Å². The van der Waals surface area contributed by atoms with E-state index in [1.165, 1.54) is 0 Å². The molecule has 14 heteroatoms. The van der Waals surface area contributed by atoms with Crippen LogP contribution in [0.3, 0.4) is 0 Å². The summed E-state index contributed by atoms with van der Waals surface area (Å²) >= 11 is 12.1. The smallest absolute Gasteiger partial charge is 0.433 e. The number of ether oxygens (including phenoxy) is 1. The molecule has 1 amide bonds. The minimum absolute atomic E-state index is 0.117. The van der Waals surface area contributed by atoms with Crippen molar-refractivity contribution in [2.24, 2.45) is 5.41 Å². The molecular formula is C27H29Cl2F4N3O5. The van der Waals surface area contributed by atoms with Gasteiger partial charge < -0.3 is 14.7 Å². The molecule has 2 aliphatic rings. The van der Waals surface area contributed by atoms with Crippen LogP contribution in [0.1, 0.15) is 84.8 Å². The van der Waals surface area contributed by atoms with Crippen molar-refractivity contribution in [2.45, 2.75) is 70.2 Å². The number of carboxylic acid groups (broad SMARTS) is 1. The van der Waals surface area contributed by atoms with Crippen LogP contribution in [0.25, 0.3) is 0 Å². The number of carbonyl (C=O) groups is 3. The number of benzene rings is 1. The Balaban J connectivity index is 1.70. The third kappa shape index (κ3) is 6.39. The SMILES string of the molecule is CC1(C(=O)O)CCC(n2ncc(C(=O)N(CC(=O)c3c(Cl)ccc(F)c3Cl)C[C@@]3(C)CCCO3)c2C(F)(F)F)CC1. The molecular weight excluding hydrogens is 593 g/mol. The Labute approximate surface area is 243 Å². The van der Waals surface area contributed by atoms with Gasteiger partial charge in [0.15, 0.2) is 11.5 Å². The number of rotatable bonds is 8. The van der Waals surface area contributed by atoms with E-state index in [-0.39, 0.29) is 42.8 Å². The van der Waals surface area contributed by atoms with Gasteiger partial charge in [-0.3, -0.25) is 19.1 Å². The number of amides is 1. The topological polar surface area (TPSA) is 102 Å². The van der Waals surface area contributed by atoms with E-state index in [9.17, 15) is 37.1 Å². The molecule has 0 bridgehead atoms. The minimum Gasteiger partial charge on any atom is -0.481 e. The molecule has 1 atom stereocenters. The van der Waals surface area contributed by atoms with Crippen LogP contribution < -0.4 is 0 Å². The molecule has 1 N–H and O–H groups in total. The zero-order valence-electron chi connectivity index (χ0n) is 22.4. The number of alkyl halides is 3. The van der Waals surface area contributed by atoms with Crippen molar-refractivity contribution < 1.29 is 41.8 Å². The lowest BCUT2D eigenvalue weighted by Gasteiger charge is -2.35. The van der Waals surface area contributed by atoms with E-state index in [4.69, 9.17) is 27.9 Å². The first kappa shape index (κ1) is 31.2. The lowest BCUT2D eigenvalue weighted by Crippen LogP contribution is -2.46. The Morgan fingerprint density at radius 2 is 1.83 bits per heavy atom. The number of carboxylic acids is 1. The van der Waals surface area contributed by atoms with E-state index in [2.05, 4.69) is 5.10 Å². The zero-order valence-corrected chi connectivity index (χ0v) is 23.9. The first-order valence-electron chi connectivity index (χ1n) is 13.0. The third-order valence-corrected chi connectivity index (χ3v) is 8.67. The maximum absolute atomic E-state index is 14.5. The van der Waals surface area contributed by atoms with Crippen molar-refractivity contribution in [1.29, 1.82) is 0 Å². The molecule has 1 aromatic heterocycles. The number of aromatic nitrogens is 2. The van der Waals surface area contributed by atoms with Gasteiger partial charge >= 0.3 is 12.1 Å². The summed E-state index contributed by atoms with van der Waals surface area (Å²) in [5.41, 5.74) is -4.45. The molecule has 224 valence electrons. The molecule has 8 nitrogen and oxygen atoms in total. The van der Waals surface area contributed by atoms with Crippen LogP contribution >= 0.6 is 23.2 Å². The van der Waals surface area contributed by atoms with Gasteiger partial charge in [0, 0.05) is 6.61 Å². The number of ketones is 1. The van der Waals surface area contributed by atoms with Gasteiger partial charge in [-0.1, -0.05) is 23.2 Å². The molecule has 2 aromatic rings. The van der Waals surface area contributed by atoms with Gasteiger partial charge in [-0.2, -0.15) is 18.3 Å². The molecule has 1 aromatic carbocycles. The van der Waals surface area contributed by atoms with Gasteiger partial charge in [0.1, 0.15) is 5.82 Å². The lowest BCUT2D eigenvalue weighted by atomic mass is 9.74. The van der Waals surface area contributed by atoms with Crippen molar-refractivity contribution in [1.82, 2.24) is 14.7 Å². The van der Waals surface area contributed by atoms with E-state index in [1.54, 1.807) is 13.8 Å². The minimum atomic E-state index is -4.99. The highest BCUT2D eigenvalue weighted by atomic mass is 35.5. The molecule has 0 spiro atoms. The Morgan fingerprint density at radius 3 is 2.39 bits per heavy atom. The quantitative estimate of drug-likeness (QED) is 0.206. The van der Waals surface area contributed by atoms with E-state index in [0.29, 0.717) is 19.4 Å². The fourth-order valence-electron chi connectivity index (χ4n) is 5.55. The number of aliphatic carboxylic acids is 1. The van der Waals surface area contributed by atoms with Crippen LogP contribution in [0.4, 0.5) is 17.6 Å². The van der Waals surface area contributed by atoms with Crippen molar-refractivity contribution in [3.05, 3.63) is 51.0 Å². The summed E-state index contributed by atoms with van der Waals surface area (Å²) in [7, 11) is 0. The van der Waals surface area contributed by atoms with Gasteiger partial charge in [0.2, 0.25) is 0 Å². The first-order valence-corrected chi connectivity index (χ1v) is 13.8. The van der Waals surface area contributed by atoms with Crippen molar-refractivity contribution in [2.75, 3.05) is 19.7 Å². The Bertz CT molecular complexity index is 1350. The summed E-state index contributed by atoms with van der Waals surface area (Å²) in [6.07, 6.45) is -2.53. The van der Waals surface area contributed by atoms with E-state index < -0.39 is 69.5 Å². The number of hydrogen-bond acceptors (Lipinski definition) is 5. The second-order valence-electron chi connectivity index (χ2n) is 11.2. The maximum Gasteiger partial charge on any atom is 0.433 e. The fourth-order valence-corrected chi connectivity index (χ4v) is 6.13. The average molecular weight is 622 g/mol. The molecule has 4 rings (SSSR count). The Kier molecular flexibility index (Phi) is 8.78. The normalized spacial score (nSPS) is 24.8. The molecule has 1 saturated heterocycles. The summed E-state index contributed by atoms with van der Waals surface area (Å²) in [5, 5.41) is 12.7. The molecule has 2 fully saturated rings. The van der Waals surface area contributed by atoms with Crippen molar-refractivity contribution in [3.8, 4) is 0 Å². The molecule has 1 saturated carbocycles. The predicted molar refractivity (Wildman–Crippen MR) is 141 cm³/mol. The number of Topliss-reactive ketones (excluding diaryl/α,β-unsaturated/α-hetero) is 1. The van der Waals surface area contributed by atoms with E-state index in [0.717, 1.165) is 27.9 Å². The summed E-state index contributed by atoms with van der Waals surface area (Å²) in [4.78, 5) is 39.6. The predicted octanol–water partition coefficient (Wildman–Crippen LogP) is 6.45. The number of nitrogens with zero attached hydrogens (tertiary/aromatic N) is 3. The van der Waals surface area contributed by atoms with E-state index >= 15 is 0 Å². The highest BCUT2D eigenvalue weighted by molar-refractivity contribution is 6.40. The summed E-state index contributed by atoms with van der Waals surface area (Å²) in [6, 6.07) is 1.30. The van der Waals surface area contributed by atoms with E-state index in [1.807, 2.05) is 0 Å². The van der Waals surface area contributed by atoms with Crippen molar-refractivity contribution in [3.63, 3.8) is 0 Å². The standard InChI is InChI=1S/C27H29Cl2F4N3O5/c1-25(24(39)40)9-6-15(7-10-25)36-22(27(31,32)33)16(12-34-36)23(38)35(14-26(2)8-3-11-41-26)13-19(37)20-17(28)4-5-18(30)21(20)29/h4-5,12,15H,3,6-11,13-14H2,1-2H3,(H,39,40)/t15?,25?,26-/m1/s1. The van der Waals surface area contributed by atoms with Crippen LogP contribution in [-0.2, 0) is 15.7 Å². The largest absolute Gasteiger partial charge is 0.481 e. The first-order chi connectivity index (χ1) is 19.1. The average Bonchev–Trinajstić information content (AvgIpc) is 3.53. The second-order valence-corrected chi connectivity index (χ2v) is 11.9. The highest BCUT2D eigenvalue weighted by Gasteiger charge is 2.46. The molecule has 0 radical (unpaired) electrons. The van der Waals surface area contributed by atoms with Gasteiger partial charge in [0.25, 0.3) is 5.91 Å². The molecule has 2 heterocycles. The van der Waals surface area contributed by atoms with Crippen LogP contribution in [0.2, 0.25) is 10.0 Å². The zero-order chi connectivity index (χ0) is 30.3. The number of halogens is 6. The molecule has 1 aliphatic heterocycles. The number of carbonyl (C=O) groups excluding carboxylic acids is 2. The Hall–Kier alpha value is -2.70.